The number of carbonyl (C=O) groups is 2. The van der Waals surface area contributed by atoms with Crippen molar-refractivity contribution in [2.24, 2.45) is 11.7 Å². The Labute approximate surface area is 155 Å². The van der Waals surface area contributed by atoms with Crippen LogP contribution in [0.15, 0.2) is 22.7 Å². The molecule has 24 heavy (non-hydrogen) atoms. The molecule has 5 nitrogen and oxygen atoms in total. The molecule has 1 aliphatic carbocycles. The average Bonchev–Trinajstić information content (AvgIpc) is 2.96. The number of benzene rings is 1. The van der Waals surface area contributed by atoms with E-state index in [0.717, 1.165) is 25.3 Å². The van der Waals surface area contributed by atoms with Crippen molar-refractivity contribution in [3.05, 3.63) is 34.1 Å². The molecule has 1 aromatic rings. The van der Waals surface area contributed by atoms with E-state index in [1.54, 1.807) is 0 Å². The Morgan fingerprint density at radius 2 is 2.08 bits per heavy atom. The maximum Gasteiger partial charge on any atom is 0.252 e. The van der Waals surface area contributed by atoms with Gasteiger partial charge in [0.2, 0.25) is 5.91 Å². The zero-order chi connectivity index (χ0) is 16.8. The summed E-state index contributed by atoms with van der Waals surface area (Å²) in [7, 11) is 0. The number of carbonyl (C=O) groups excluding carboxylic acids is 2. The Hall–Kier alpha value is -1.18. The number of rotatable bonds is 6. The molecule has 0 spiro atoms. The van der Waals surface area contributed by atoms with Crippen LogP contribution in [0.25, 0.3) is 0 Å². The van der Waals surface area contributed by atoms with Crippen molar-refractivity contribution in [1.82, 2.24) is 10.6 Å². The molecule has 2 rings (SSSR count). The second-order valence-electron chi connectivity index (χ2n) is 5.73. The molecule has 0 heterocycles. The van der Waals surface area contributed by atoms with E-state index < -0.39 is 11.7 Å². The maximum atomic E-state index is 13.2. The zero-order valence-corrected chi connectivity index (χ0v) is 15.6. The molecule has 2 atom stereocenters. The number of amides is 2. The van der Waals surface area contributed by atoms with E-state index in [4.69, 9.17) is 5.73 Å². The highest BCUT2D eigenvalue weighted by molar-refractivity contribution is 9.10. The minimum Gasteiger partial charge on any atom is -0.353 e. The molecule has 4 N–H and O–H groups in total. The highest BCUT2D eigenvalue weighted by Gasteiger charge is 2.27. The van der Waals surface area contributed by atoms with Gasteiger partial charge in [-0.2, -0.15) is 0 Å². The third kappa shape index (κ3) is 5.72. The van der Waals surface area contributed by atoms with Gasteiger partial charge in [0.1, 0.15) is 5.82 Å². The van der Waals surface area contributed by atoms with Gasteiger partial charge in [-0.1, -0.05) is 6.42 Å². The van der Waals surface area contributed by atoms with Crippen molar-refractivity contribution in [3.8, 4) is 0 Å². The van der Waals surface area contributed by atoms with Crippen LogP contribution in [-0.2, 0) is 4.79 Å². The Balaban J connectivity index is 0.00000288. The van der Waals surface area contributed by atoms with Crippen molar-refractivity contribution in [2.75, 3.05) is 13.1 Å². The lowest BCUT2D eigenvalue weighted by Gasteiger charge is -2.19. The molecule has 1 saturated carbocycles. The highest BCUT2D eigenvalue weighted by Crippen LogP contribution is 2.24. The van der Waals surface area contributed by atoms with Crippen molar-refractivity contribution in [3.63, 3.8) is 0 Å². The summed E-state index contributed by atoms with van der Waals surface area (Å²) in [5.74, 6) is -0.652. The Kier molecular flexibility index (Phi) is 8.66. The summed E-state index contributed by atoms with van der Waals surface area (Å²) in [6, 6.07) is 4.04. The summed E-state index contributed by atoms with van der Waals surface area (Å²) in [5, 5.41) is 5.60. The summed E-state index contributed by atoms with van der Waals surface area (Å²) in [4.78, 5) is 23.9. The first-order chi connectivity index (χ1) is 11.0. The van der Waals surface area contributed by atoms with Crippen LogP contribution in [0.1, 0.15) is 36.0 Å². The minimum atomic E-state index is -0.481. The third-order valence-corrected chi connectivity index (χ3v) is 4.81. The van der Waals surface area contributed by atoms with Crippen LogP contribution in [0, 0.1) is 11.7 Å². The second kappa shape index (κ2) is 9.96. The molecule has 0 saturated heterocycles. The Morgan fingerprint density at radius 3 is 2.79 bits per heavy atom. The summed E-state index contributed by atoms with van der Waals surface area (Å²) in [5.41, 5.74) is 5.90. The Morgan fingerprint density at radius 1 is 1.33 bits per heavy atom. The number of hydrogen-bond donors (Lipinski definition) is 3. The molecule has 1 aromatic carbocycles. The molecule has 2 amide bonds. The monoisotopic (exact) mass is 421 g/mol. The molecular weight excluding hydrogens is 401 g/mol. The van der Waals surface area contributed by atoms with Gasteiger partial charge < -0.3 is 16.4 Å². The second-order valence-corrected chi connectivity index (χ2v) is 6.59. The smallest absolute Gasteiger partial charge is 0.252 e. The van der Waals surface area contributed by atoms with E-state index in [-0.39, 0.29) is 42.9 Å². The first-order valence-corrected chi connectivity index (χ1v) is 8.53. The lowest BCUT2D eigenvalue weighted by Crippen LogP contribution is -2.41. The van der Waals surface area contributed by atoms with Gasteiger partial charge in [-0.3, -0.25) is 9.59 Å². The van der Waals surface area contributed by atoms with Crippen LogP contribution in [0.3, 0.4) is 0 Å². The van der Waals surface area contributed by atoms with Gasteiger partial charge in [-0.25, -0.2) is 4.39 Å². The lowest BCUT2D eigenvalue weighted by atomic mass is 10.0. The first-order valence-electron chi connectivity index (χ1n) is 7.74. The van der Waals surface area contributed by atoms with Gasteiger partial charge in [-0.05, 0) is 59.4 Å². The highest BCUT2D eigenvalue weighted by atomic mass is 79.9. The fourth-order valence-electron chi connectivity index (χ4n) is 2.84. The normalized spacial score (nSPS) is 19.5. The van der Waals surface area contributed by atoms with Crippen LogP contribution in [-0.4, -0.2) is 30.9 Å². The van der Waals surface area contributed by atoms with Crippen LogP contribution in [0.4, 0.5) is 4.39 Å². The fraction of sp³-hybridized carbons (Fsp3) is 0.500. The van der Waals surface area contributed by atoms with Gasteiger partial charge in [0.25, 0.3) is 5.91 Å². The molecule has 2 unspecified atom stereocenters. The van der Waals surface area contributed by atoms with E-state index in [1.807, 2.05) is 0 Å². The number of halogens is 3. The number of nitrogens with two attached hydrogens (primary N) is 1. The number of nitrogens with one attached hydrogen (secondary N) is 2. The average molecular weight is 423 g/mol. The molecule has 134 valence electrons. The number of hydrogen-bond acceptors (Lipinski definition) is 3. The SMILES string of the molecule is Cl.NCC1CCCC1NC(=O)CCNC(=O)c1cc(F)ccc1Br. The van der Waals surface area contributed by atoms with Crippen LogP contribution in [0.5, 0.6) is 0 Å². The third-order valence-electron chi connectivity index (χ3n) is 4.12. The molecule has 8 heteroatoms. The van der Waals surface area contributed by atoms with Crippen LogP contribution in [0.2, 0.25) is 0 Å². The largest absolute Gasteiger partial charge is 0.353 e. The van der Waals surface area contributed by atoms with Gasteiger partial charge in [0.05, 0.1) is 5.56 Å². The standard InChI is InChI=1S/C16H21BrFN3O2.ClH/c17-13-5-4-11(18)8-12(13)16(23)20-7-6-15(22)21-14-3-1-2-10(14)9-19;/h4-5,8,10,14H,1-3,6-7,9,19H2,(H,20,23)(H,21,22);1H. The van der Waals surface area contributed by atoms with Gasteiger partial charge in [0.15, 0.2) is 0 Å². The topological polar surface area (TPSA) is 84.2 Å². The minimum absolute atomic E-state index is 0. The van der Waals surface area contributed by atoms with Gasteiger partial charge in [-0.15, -0.1) is 12.4 Å². The zero-order valence-electron chi connectivity index (χ0n) is 13.2. The molecule has 1 fully saturated rings. The molecule has 1 aliphatic rings. The molecule has 0 aliphatic heterocycles. The van der Waals surface area contributed by atoms with Crippen LogP contribution >= 0.6 is 28.3 Å². The van der Waals surface area contributed by atoms with Gasteiger partial charge >= 0.3 is 0 Å². The predicted octanol–water partition coefficient (Wildman–Crippen LogP) is 2.37. The quantitative estimate of drug-likeness (QED) is 0.658. The lowest BCUT2D eigenvalue weighted by molar-refractivity contribution is -0.121. The van der Waals surface area contributed by atoms with Crippen molar-refractivity contribution < 1.29 is 14.0 Å². The van der Waals surface area contributed by atoms with E-state index in [1.165, 1.54) is 12.1 Å². The van der Waals surface area contributed by atoms with Gasteiger partial charge in [0, 0.05) is 23.5 Å². The van der Waals surface area contributed by atoms with E-state index in [9.17, 15) is 14.0 Å². The van der Waals surface area contributed by atoms with E-state index in [0.29, 0.717) is 16.9 Å². The predicted molar refractivity (Wildman–Crippen MR) is 96.6 cm³/mol. The summed E-state index contributed by atoms with van der Waals surface area (Å²) < 4.78 is 13.7. The fourth-order valence-corrected chi connectivity index (χ4v) is 3.27. The molecule has 0 aromatic heterocycles. The van der Waals surface area contributed by atoms with E-state index in [2.05, 4.69) is 26.6 Å². The summed E-state index contributed by atoms with van der Waals surface area (Å²) >= 11 is 3.21. The van der Waals surface area contributed by atoms with Crippen molar-refractivity contribution in [1.29, 1.82) is 0 Å². The molecule has 0 bridgehead atoms. The maximum absolute atomic E-state index is 13.2. The summed E-state index contributed by atoms with van der Waals surface area (Å²) in [6.07, 6.45) is 3.27. The van der Waals surface area contributed by atoms with Crippen molar-refractivity contribution >= 4 is 40.2 Å². The Bertz CT molecular complexity index is 588. The molecule has 0 radical (unpaired) electrons. The van der Waals surface area contributed by atoms with Crippen molar-refractivity contribution in [2.45, 2.75) is 31.7 Å². The van der Waals surface area contributed by atoms with E-state index >= 15 is 0 Å². The summed E-state index contributed by atoms with van der Waals surface area (Å²) in [6.45, 7) is 0.781. The molecular formula is C16H22BrClFN3O2. The first kappa shape index (κ1) is 20.9. The van der Waals surface area contributed by atoms with Crippen LogP contribution < -0.4 is 16.4 Å².